The molecule has 0 aliphatic heterocycles. The minimum absolute atomic E-state index is 0.00451. The Bertz CT molecular complexity index is 727. The third-order valence-corrected chi connectivity index (χ3v) is 3.57. The van der Waals surface area contributed by atoms with Crippen LogP contribution >= 0.6 is 23.6 Å². The SMILES string of the molecule is O=C(C=Cc1cccs1)NC(=S)Nc1ccccc1[N+](=O)[O-]. The van der Waals surface area contributed by atoms with E-state index in [1.807, 2.05) is 17.5 Å². The van der Waals surface area contributed by atoms with E-state index in [1.165, 1.54) is 29.5 Å². The molecule has 0 aliphatic carbocycles. The van der Waals surface area contributed by atoms with Crippen molar-refractivity contribution < 1.29 is 9.72 Å². The number of carbonyl (C=O) groups excluding carboxylic acids is 1. The third-order valence-electron chi connectivity index (χ3n) is 2.53. The smallest absolute Gasteiger partial charge is 0.292 e. The Kier molecular flexibility index (Phi) is 5.34. The fourth-order valence-corrected chi connectivity index (χ4v) is 2.42. The number of nitro groups is 1. The maximum atomic E-state index is 11.7. The van der Waals surface area contributed by atoms with Crippen LogP contribution < -0.4 is 10.6 Å². The molecule has 0 spiro atoms. The highest BCUT2D eigenvalue weighted by Crippen LogP contribution is 2.22. The molecule has 0 unspecified atom stereocenters. The van der Waals surface area contributed by atoms with Gasteiger partial charge in [0.05, 0.1) is 4.92 Å². The van der Waals surface area contributed by atoms with Crippen molar-refractivity contribution in [3.63, 3.8) is 0 Å². The van der Waals surface area contributed by atoms with Crippen molar-refractivity contribution in [3.8, 4) is 0 Å². The lowest BCUT2D eigenvalue weighted by Crippen LogP contribution is -2.33. The molecule has 112 valence electrons. The van der Waals surface area contributed by atoms with Crippen LogP contribution in [-0.4, -0.2) is 15.9 Å². The zero-order valence-electron chi connectivity index (χ0n) is 11.2. The number of para-hydroxylation sites is 2. The predicted molar refractivity (Wildman–Crippen MR) is 90.8 cm³/mol. The van der Waals surface area contributed by atoms with E-state index in [2.05, 4.69) is 10.6 Å². The molecule has 2 N–H and O–H groups in total. The maximum absolute atomic E-state index is 11.7. The van der Waals surface area contributed by atoms with E-state index in [9.17, 15) is 14.9 Å². The monoisotopic (exact) mass is 333 g/mol. The number of benzene rings is 1. The van der Waals surface area contributed by atoms with Gasteiger partial charge in [-0.05, 0) is 35.8 Å². The van der Waals surface area contributed by atoms with E-state index in [4.69, 9.17) is 12.2 Å². The Hall–Kier alpha value is -2.58. The van der Waals surface area contributed by atoms with E-state index in [1.54, 1.807) is 18.2 Å². The lowest BCUT2D eigenvalue weighted by atomic mass is 10.3. The van der Waals surface area contributed by atoms with E-state index in [-0.39, 0.29) is 16.5 Å². The summed E-state index contributed by atoms with van der Waals surface area (Å²) in [5.74, 6) is -0.413. The molecule has 0 radical (unpaired) electrons. The van der Waals surface area contributed by atoms with E-state index >= 15 is 0 Å². The van der Waals surface area contributed by atoms with Crippen LogP contribution in [0.3, 0.4) is 0 Å². The average Bonchev–Trinajstić information content (AvgIpc) is 2.98. The summed E-state index contributed by atoms with van der Waals surface area (Å²) in [4.78, 5) is 23.0. The zero-order valence-corrected chi connectivity index (χ0v) is 12.8. The molecular formula is C14H11N3O3S2. The summed E-state index contributed by atoms with van der Waals surface area (Å²) in [6.07, 6.45) is 3.01. The summed E-state index contributed by atoms with van der Waals surface area (Å²) in [7, 11) is 0. The van der Waals surface area contributed by atoms with Gasteiger partial charge in [0.25, 0.3) is 5.69 Å². The number of carbonyl (C=O) groups is 1. The highest BCUT2D eigenvalue weighted by molar-refractivity contribution is 7.80. The van der Waals surface area contributed by atoms with Crippen LogP contribution in [0.4, 0.5) is 11.4 Å². The number of nitrogens with one attached hydrogen (secondary N) is 2. The molecule has 1 aromatic carbocycles. The van der Waals surface area contributed by atoms with E-state index < -0.39 is 10.8 Å². The number of nitrogens with zero attached hydrogens (tertiary/aromatic N) is 1. The van der Waals surface area contributed by atoms with Crippen LogP contribution in [0.1, 0.15) is 4.88 Å². The molecule has 6 nitrogen and oxygen atoms in total. The molecule has 0 bridgehead atoms. The summed E-state index contributed by atoms with van der Waals surface area (Å²) >= 11 is 6.48. The molecule has 8 heteroatoms. The summed E-state index contributed by atoms with van der Waals surface area (Å²) in [6.45, 7) is 0. The molecule has 1 heterocycles. The number of hydrogen-bond acceptors (Lipinski definition) is 5. The molecule has 0 saturated carbocycles. The number of hydrogen-bond donors (Lipinski definition) is 2. The van der Waals surface area contributed by atoms with Crippen LogP contribution in [0, 0.1) is 10.1 Å². The largest absolute Gasteiger partial charge is 0.327 e. The minimum atomic E-state index is -0.524. The van der Waals surface area contributed by atoms with Crippen molar-refractivity contribution in [2.24, 2.45) is 0 Å². The number of rotatable bonds is 4. The zero-order chi connectivity index (χ0) is 15.9. The Balaban J connectivity index is 1.96. The van der Waals surface area contributed by atoms with Gasteiger partial charge in [0, 0.05) is 17.0 Å². The van der Waals surface area contributed by atoms with Gasteiger partial charge < -0.3 is 5.32 Å². The first-order valence-electron chi connectivity index (χ1n) is 6.13. The number of anilines is 1. The lowest BCUT2D eigenvalue weighted by molar-refractivity contribution is -0.383. The molecular weight excluding hydrogens is 322 g/mol. The molecule has 2 rings (SSSR count). The van der Waals surface area contributed by atoms with Crippen molar-refractivity contribution >= 4 is 52.0 Å². The van der Waals surface area contributed by atoms with E-state index in [0.29, 0.717) is 0 Å². The number of nitro benzene ring substituents is 1. The molecule has 22 heavy (non-hydrogen) atoms. The topological polar surface area (TPSA) is 84.3 Å². The fraction of sp³-hybridized carbons (Fsp3) is 0. The van der Waals surface area contributed by atoms with Crippen molar-refractivity contribution in [3.05, 3.63) is 62.8 Å². The van der Waals surface area contributed by atoms with Crippen LogP contribution in [0.2, 0.25) is 0 Å². The van der Waals surface area contributed by atoms with Gasteiger partial charge in [0.2, 0.25) is 5.91 Å². The molecule has 1 amide bonds. The lowest BCUT2D eigenvalue weighted by Gasteiger charge is -2.08. The summed E-state index contributed by atoms with van der Waals surface area (Å²) in [6, 6.07) is 9.80. The Labute approximate surface area is 135 Å². The first kappa shape index (κ1) is 15.8. The van der Waals surface area contributed by atoms with Gasteiger partial charge in [0.15, 0.2) is 5.11 Å². The van der Waals surface area contributed by atoms with Gasteiger partial charge in [0.1, 0.15) is 5.69 Å². The second-order valence-corrected chi connectivity index (χ2v) is 5.45. The Morgan fingerprint density at radius 3 is 2.73 bits per heavy atom. The first-order valence-corrected chi connectivity index (χ1v) is 7.42. The second-order valence-electron chi connectivity index (χ2n) is 4.07. The highest BCUT2D eigenvalue weighted by Gasteiger charge is 2.13. The van der Waals surface area contributed by atoms with Crippen LogP contribution in [0.15, 0.2) is 47.9 Å². The van der Waals surface area contributed by atoms with Crippen LogP contribution in [-0.2, 0) is 4.79 Å². The molecule has 0 atom stereocenters. The molecule has 0 fully saturated rings. The van der Waals surface area contributed by atoms with Crippen molar-refractivity contribution in [2.75, 3.05) is 5.32 Å². The first-order chi connectivity index (χ1) is 10.6. The third kappa shape index (κ3) is 4.47. The molecule has 0 aliphatic rings. The van der Waals surface area contributed by atoms with Crippen LogP contribution in [0.25, 0.3) is 6.08 Å². The summed E-state index contributed by atoms with van der Waals surface area (Å²) < 4.78 is 0. The van der Waals surface area contributed by atoms with Crippen molar-refractivity contribution in [1.29, 1.82) is 0 Å². The number of thiocarbonyl (C=S) groups is 1. The minimum Gasteiger partial charge on any atom is -0.327 e. The predicted octanol–water partition coefficient (Wildman–Crippen LogP) is 3.18. The summed E-state index contributed by atoms with van der Waals surface area (Å²) in [5.41, 5.74) is 0.105. The maximum Gasteiger partial charge on any atom is 0.292 e. The fourth-order valence-electron chi connectivity index (χ4n) is 1.59. The van der Waals surface area contributed by atoms with Gasteiger partial charge in [-0.25, -0.2) is 0 Å². The van der Waals surface area contributed by atoms with E-state index in [0.717, 1.165) is 4.88 Å². The summed E-state index contributed by atoms with van der Waals surface area (Å²) in [5, 5.41) is 17.9. The van der Waals surface area contributed by atoms with Crippen LogP contribution in [0.5, 0.6) is 0 Å². The van der Waals surface area contributed by atoms with Gasteiger partial charge >= 0.3 is 0 Å². The molecule has 0 saturated heterocycles. The van der Waals surface area contributed by atoms with Crippen molar-refractivity contribution in [1.82, 2.24) is 5.32 Å². The molecule has 2 aromatic rings. The van der Waals surface area contributed by atoms with Gasteiger partial charge in [-0.1, -0.05) is 18.2 Å². The van der Waals surface area contributed by atoms with Crippen molar-refractivity contribution in [2.45, 2.75) is 0 Å². The average molecular weight is 333 g/mol. The van der Waals surface area contributed by atoms with Gasteiger partial charge in [-0.2, -0.15) is 0 Å². The standard InChI is InChI=1S/C14H11N3O3S2/c18-13(8-7-10-4-3-9-22-10)16-14(21)15-11-5-1-2-6-12(11)17(19)20/h1-9H,(H2,15,16,18,21). The second kappa shape index (κ2) is 7.43. The number of amides is 1. The number of thiophene rings is 1. The normalized spacial score (nSPS) is 10.4. The highest BCUT2D eigenvalue weighted by atomic mass is 32.1. The Morgan fingerprint density at radius 2 is 2.05 bits per heavy atom. The Morgan fingerprint density at radius 1 is 1.27 bits per heavy atom. The van der Waals surface area contributed by atoms with Gasteiger partial charge in [-0.3, -0.25) is 20.2 Å². The molecule has 1 aromatic heterocycles. The quantitative estimate of drug-likeness (QED) is 0.388. The van der Waals surface area contributed by atoms with Gasteiger partial charge in [-0.15, -0.1) is 11.3 Å².